The molecule has 0 amide bonds. The van der Waals surface area contributed by atoms with Gasteiger partial charge in [0.05, 0.1) is 11.3 Å². The maximum atomic E-state index is 10.3. The highest BCUT2D eigenvalue weighted by Crippen LogP contribution is 2.29. The first-order chi connectivity index (χ1) is 8.66. The Balaban J connectivity index is 1.82. The molecule has 0 spiro atoms. The molecule has 18 heavy (non-hydrogen) atoms. The minimum absolute atomic E-state index is 0.559. The fraction of sp³-hybridized carbons (Fsp3) is 0.538. The van der Waals surface area contributed by atoms with Gasteiger partial charge in [0.1, 0.15) is 5.52 Å². The van der Waals surface area contributed by atoms with E-state index in [1.54, 1.807) is 6.20 Å². The molecule has 2 heterocycles. The Morgan fingerprint density at radius 1 is 1.44 bits per heavy atom. The Morgan fingerprint density at radius 2 is 2.22 bits per heavy atom. The molecular weight excluding hydrogens is 228 g/mol. The van der Waals surface area contributed by atoms with E-state index in [-0.39, 0.29) is 0 Å². The third kappa shape index (κ3) is 2.06. The Labute approximate surface area is 106 Å². The van der Waals surface area contributed by atoms with Crippen LogP contribution in [0.4, 0.5) is 5.82 Å². The zero-order valence-electron chi connectivity index (χ0n) is 10.6. The van der Waals surface area contributed by atoms with Crippen molar-refractivity contribution in [3.05, 3.63) is 24.2 Å². The number of rotatable bonds is 3. The van der Waals surface area contributed by atoms with Crippen LogP contribution in [0.15, 0.2) is 18.5 Å². The molecule has 1 saturated carbocycles. The average molecular weight is 246 g/mol. The summed E-state index contributed by atoms with van der Waals surface area (Å²) in [5.41, 5.74) is 1.35. The molecular formula is C13H18N4O. The lowest BCUT2D eigenvalue weighted by molar-refractivity contribution is 0.0614. The van der Waals surface area contributed by atoms with Crippen LogP contribution in [-0.2, 0) is 0 Å². The van der Waals surface area contributed by atoms with E-state index in [0.717, 1.165) is 42.7 Å². The first-order valence-corrected chi connectivity index (χ1v) is 6.44. The number of hydrogen-bond acceptors (Lipinski definition) is 4. The number of nitrogens with zero attached hydrogens (tertiary/aromatic N) is 3. The van der Waals surface area contributed by atoms with Gasteiger partial charge in [-0.05, 0) is 25.8 Å². The molecule has 1 aliphatic rings. The lowest BCUT2D eigenvalue weighted by Gasteiger charge is -2.22. The summed E-state index contributed by atoms with van der Waals surface area (Å²) < 4.78 is 1.81. The van der Waals surface area contributed by atoms with E-state index in [0.29, 0.717) is 6.54 Å². The van der Waals surface area contributed by atoms with Crippen molar-refractivity contribution >= 4 is 11.3 Å². The van der Waals surface area contributed by atoms with Crippen LogP contribution in [-0.4, -0.2) is 31.9 Å². The molecule has 5 heteroatoms. The van der Waals surface area contributed by atoms with Crippen LogP contribution in [0.5, 0.6) is 0 Å². The van der Waals surface area contributed by atoms with Crippen molar-refractivity contribution in [2.75, 3.05) is 11.9 Å². The highest BCUT2D eigenvalue weighted by Gasteiger charge is 2.30. The van der Waals surface area contributed by atoms with Crippen LogP contribution >= 0.6 is 0 Å². The molecule has 2 N–H and O–H groups in total. The molecule has 0 unspecified atom stereocenters. The van der Waals surface area contributed by atoms with Gasteiger partial charge in [-0.3, -0.25) is 0 Å². The predicted octanol–water partition coefficient (Wildman–Crippen LogP) is 1.75. The number of aryl methyl sites for hydroxylation is 1. The maximum absolute atomic E-state index is 10.3. The second kappa shape index (κ2) is 4.24. The zero-order chi connectivity index (χ0) is 12.6. The Bertz CT molecular complexity index is 557. The summed E-state index contributed by atoms with van der Waals surface area (Å²) in [5.74, 6) is 0.790. The topological polar surface area (TPSA) is 62.5 Å². The Hall–Kier alpha value is -1.62. The molecule has 0 aromatic carbocycles. The second-order valence-electron chi connectivity index (χ2n) is 5.18. The summed E-state index contributed by atoms with van der Waals surface area (Å²) in [6.45, 7) is 2.52. The van der Waals surface area contributed by atoms with Crippen molar-refractivity contribution in [3.8, 4) is 0 Å². The minimum Gasteiger partial charge on any atom is -0.388 e. The van der Waals surface area contributed by atoms with Gasteiger partial charge >= 0.3 is 0 Å². The first-order valence-electron chi connectivity index (χ1n) is 6.44. The van der Waals surface area contributed by atoms with E-state index in [1.165, 1.54) is 0 Å². The third-order valence-corrected chi connectivity index (χ3v) is 3.63. The van der Waals surface area contributed by atoms with Gasteiger partial charge < -0.3 is 10.4 Å². The van der Waals surface area contributed by atoms with Gasteiger partial charge in [-0.1, -0.05) is 12.8 Å². The minimum atomic E-state index is -0.566. The summed E-state index contributed by atoms with van der Waals surface area (Å²) in [6.07, 6.45) is 7.53. The smallest absolute Gasteiger partial charge is 0.152 e. The lowest BCUT2D eigenvalue weighted by atomic mass is 10.0. The van der Waals surface area contributed by atoms with Gasteiger partial charge in [-0.15, -0.1) is 0 Å². The molecule has 0 saturated heterocycles. The van der Waals surface area contributed by atoms with Crippen LogP contribution in [0, 0.1) is 6.92 Å². The van der Waals surface area contributed by atoms with Crippen molar-refractivity contribution in [1.82, 2.24) is 14.6 Å². The van der Waals surface area contributed by atoms with Crippen molar-refractivity contribution in [1.29, 1.82) is 0 Å². The molecule has 0 radical (unpaired) electrons. The van der Waals surface area contributed by atoms with E-state index in [9.17, 15) is 5.11 Å². The fourth-order valence-corrected chi connectivity index (χ4v) is 2.64. The molecule has 0 atom stereocenters. The fourth-order valence-electron chi connectivity index (χ4n) is 2.64. The molecule has 1 fully saturated rings. The SMILES string of the molecule is Cc1cc2c(NCC3(O)CCCC3)nccn2n1. The van der Waals surface area contributed by atoms with Crippen LogP contribution in [0.25, 0.3) is 5.52 Å². The van der Waals surface area contributed by atoms with Crippen LogP contribution in [0.1, 0.15) is 31.4 Å². The van der Waals surface area contributed by atoms with Gasteiger partial charge in [-0.2, -0.15) is 5.10 Å². The third-order valence-electron chi connectivity index (χ3n) is 3.63. The van der Waals surface area contributed by atoms with Crippen molar-refractivity contribution in [2.24, 2.45) is 0 Å². The molecule has 5 nitrogen and oxygen atoms in total. The molecule has 2 aromatic heterocycles. The highest BCUT2D eigenvalue weighted by atomic mass is 16.3. The number of aromatic nitrogens is 3. The summed E-state index contributed by atoms with van der Waals surface area (Å²) >= 11 is 0. The van der Waals surface area contributed by atoms with Gasteiger partial charge in [0.25, 0.3) is 0 Å². The molecule has 0 aliphatic heterocycles. The quantitative estimate of drug-likeness (QED) is 0.866. The molecule has 1 aliphatic carbocycles. The van der Waals surface area contributed by atoms with Crippen molar-refractivity contribution in [3.63, 3.8) is 0 Å². The standard InChI is InChI=1S/C13H18N4O/c1-10-8-11-12(14-6-7-17(11)16-10)15-9-13(18)4-2-3-5-13/h6-8,18H,2-5,9H2,1H3,(H,14,15). The number of aliphatic hydroxyl groups is 1. The summed E-state index contributed by atoms with van der Waals surface area (Å²) in [7, 11) is 0. The number of nitrogens with one attached hydrogen (secondary N) is 1. The first kappa shape index (κ1) is 11.5. The van der Waals surface area contributed by atoms with E-state index >= 15 is 0 Å². The maximum Gasteiger partial charge on any atom is 0.152 e. The van der Waals surface area contributed by atoms with Crippen molar-refractivity contribution < 1.29 is 5.11 Å². The predicted molar refractivity (Wildman–Crippen MR) is 69.6 cm³/mol. The highest BCUT2D eigenvalue weighted by molar-refractivity contribution is 5.67. The molecule has 3 rings (SSSR count). The lowest BCUT2D eigenvalue weighted by Crippen LogP contribution is -2.33. The monoisotopic (exact) mass is 246 g/mol. The molecule has 0 bridgehead atoms. The van der Waals surface area contributed by atoms with Crippen LogP contribution < -0.4 is 5.32 Å². The molecule has 2 aromatic rings. The second-order valence-corrected chi connectivity index (χ2v) is 5.18. The van der Waals surface area contributed by atoms with E-state index < -0.39 is 5.60 Å². The number of hydrogen-bond donors (Lipinski definition) is 2. The van der Waals surface area contributed by atoms with Crippen molar-refractivity contribution in [2.45, 2.75) is 38.2 Å². The zero-order valence-corrected chi connectivity index (χ0v) is 10.6. The van der Waals surface area contributed by atoms with Gasteiger partial charge in [0, 0.05) is 18.9 Å². The largest absolute Gasteiger partial charge is 0.388 e. The van der Waals surface area contributed by atoms with E-state index in [1.807, 2.05) is 23.7 Å². The van der Waals surface area contributed by atoms with Gasteiger partial charge in [-0.25, -0.2) is 9.50 Å². The van der Waals surface area contributed by atoms with Crippen LogP contribution in [0.3, 0.4) is 0 Å². The summed E-state index contributed by atoms with van der Waals surface area (Å²) in [5, 5.41) is 17.9. The van der Waals surface area contributed by atoms with E-state index in [2.05, 4.69) is 15.4 Å². The average Bonchev–Trinajstić information content (AvgIpc) is 2.92. The number of anilines is 1. The van der Waals surface area contributed by atoms with Crippen LogP contribution in [0.2, 0.25) is 0 Å². The van der Waals surface area contributed by atoms with Gasteiger partial charge in [0.15, 0.2) is 5.82 Å². The number of fused-ring (bicyclic) bond motifs is 1. The Morgan fingerprint density at radius 3 is 3.00 bits per heavy atom. The van der Waals surface area contributed by atoms with E-state index in [4.69, 9.17) is 0 Å². The summed E-state index contributed by atoms with van der Waals surface area (Å²) in [6, 6.07) is 1.99. The van der Waals surface area contributed by atoms with Gasteiger partial charge in [0.2, 0.25) is 0 Å². The molecule has 96 valence electrons. The normalized spacial score (nSPS) is 18.3. The summed E-state index contributed by atoms with van der Waals surface area (Å²) in [4.78, 5) is 4.33. The Kier molecular flexibility index (Phi) is 2.70.